The fraction of sp³-hybridized carbons (Fsp3) is 0.333. The summed E-state index contributed by atoms with van der Waals surface area (Å²) >= 11 is 0. The summed E-state index contributed by atoms with van der Waals surface area (Å²) in [5.41, 5.74) is 0.289. The van der Waals surface area contributed by atoms with Gasteiger partial charge in [-0.15, -0.1) is 0 Å². The number of pyridine rings is 1. The van der Waals surface area contributed by atoms with Crippen molar-refractivity contribution in [3.05, 3.63) is 29.8 Å². The highest BCUT2D eigenvalue weighted by molar-refractivity contribution is 5.95. The van der Waals surface area contributed by atoms with Crippen molar-refractivity contribution in [2.24, 2.45) is 0 Å². The van der Waals surface area contributed by atoms with Gasteiger partial charge in [-0.25, -0.2) is 4.39 Å². The third-order valence-electron chi connectivity index (χ3n) is 1.56. The highest BCUT2D eigenvalue weighted by Gasteiger charge is 2.06. The summed E-state index contributed by atoms with van der Waals surface area (Å²) in [6, 6.07) is 1.17. The smallest absolute Gasteiger partial charge is 0.166 e. The van der Waals surface area contributed by atoms with E-state index in [4.69, 9.17) is 4.74 Å². The van der Waals surface area contributed by atoms with E-state index in [2.05, 4.69) is 4.98 Å². The van der Waals surface area contributed by atoms with Gasteiger partial charge < -0.3 is 4.74 Å². The van der Waals surface area contributed by atoms with Crippen LogP contribution in [-0.4, -0.2) is 24.5 Å². The van der Waals surface area contributed by atoms with Gasteiger partial charge in [-0.1, -0.05) is 0 Å². The van der Waals surface area contributed by atoms with Crippen molar-refractivity contribution in [1.29, 1.82) is 0 Å². The minimum Gasteiger partial charge on any atom is -0.384 e. The number of nitrogens with zero attached hydrogens (tertiary/aromatic N) is 1. The van der Waals surface area contributed by atoms with E-state index in [0.29, 0.717) is 6.61 Å². The second-order valence-corrected chi connectivity index (χ2v) is 2.56. The van der Waals surface area contributed by atoms with Crippen molar-refractivity contribution in [3.8, 4) is 0 Å². The fourth-order valence-corrected chi connectivity index (χ4v) is 0.903. The summed E-state index contributed by atoms with van der Waals surface area (Å²) < 4.78 is 17.3. The lowest BCUT2D eigenvalue weighted by atomic mass is 10.1. The Hall–Kier alpha value is -1.29. The second kappa shape index (κ2) is 4.67. The van der Waals surface area contributed by atoms with Crippen molar-refractivity contribution < 1.29 is 13.9 Å². The van der Waals surface area contributed by atoms with Gasteiger partial charge in [0.25, 0.3) is 0 Å². The first-order valence-electron chi connectivity index (χ1n) is 3.86. The number of halogens is 1. The maximum atomic E-state index is 12.6. The molecule has 3 nitrogen and oxygen atoms in total. The maximum absolute atomic E-state index is 12.6. The zero-order valence-electron chi connectivity index (χ0n) is 7.29. The van der Waals surface area contributed by atoms with Crippen LogP contribution in [-0.2, 0) is 4.74 Å². The summed E-state index contributed by atoms with van der Waals surface area (Å²) in [5.74, 6) is -0.655. The van der Waals surface area contributed by atoms with Crippen molar-refractivity contribution in [2.75, 3.05) is 13.7 Å². The Balaban J connectivity index is 2.66. The van der Waals surface area contributed by atoms with E-state index in [-0.39, 0.29) is 17.8 Å². The molecule has 13 heavy (non-hydrogen) atoms. The molecule has 0 spiro atoms. The Labute approximate surface area is 75.6 Å². The van der Waals surface area contributed by atoms with Crippen molar-refractivity contribution >= 4 is 5.78 Å². The zero-order valence-corrected chi connectivity index (χ0v) is 7.29. The van der Waals surface area contributed by atoms with Gasteiger partial charge in [-0.3, -0.25) is 9.78 Å². The number of Topliss-reactive ketones (excluding diaryl/α,β-unsaturated/α-hetero) is 1. The van der Waals surface area contributed by atoms with Gasteiger partial charge in [0.15, 0.2) is 5.78 Å². The molecule has 1 rings (SSSR count). The van der Waals surface area contributed by atoms with E-state index in [1.807, 2.05) is 0 Å². The number of hydrogen-bond acceptors (Lipinski definition) is 3. The first-order valence-corrected chi connectivity index (χ1v) is 3.86. The van der Waals surface area contributed by atoms with Crippen LogP contribution < -0.4 is 0 Å². The van der Waals surface area contributed by atoms with E-state index >= 15 is 0 Å². The van der Waals surface area contributed by atoms with Crippen LogP contribution in [0.25, 0.3) is 0 Å². The van der Waals surface area contributed by atoms with E-state index in [1.54, 1.807) is 0 Å². The molecule has 0 aliphatic carbocycles. The summed E-state index contributed by atoms with van der Waals surface area (Å²) in [6.07, 6.45) is 2.66. The highest BCUT2D eigenvalue weighted by Crippen LogP contribution is 2.04. The molecule has 1 aromatic heterocycles. The Morgan fingerprint density at radius 3 is 3.00 bits per heavy atom. The predicted molar refractivity (Wildman–Crippen MR) is 45.0 cm³/mol. The van der Waals surface area contributed by atoms with Crippen LogP contribution in [0, 0.1) is 5.82 Å². The second-order valence-electron chi connectivity index (χ2n) is 2.56. The molecular formula is C9H10FNO2. The van der Waals surface area contributed by atoms with Crippen LogP contribution >= 0.6 is 0 Å². The van der Waals surface area contributed by atoms with Gasteiger partial charge in [0.1, 0.15) is 5.82 Å². The van der Waals surface area contributed by atoms with Crippen LogP contribution in [0.1, 0.15) is 16.8 Å². The molecule has 0 unspecified atom stereocenters. The molecule has 0 saturated heterocycles. The van der Waals surface area contributed by atoms with E-state index < -0.39 is 5.82 Å². The van der Waals surface area contributed by atoms with Crippen LogP contribution in [0.3, 0.4) is 0 Å². The number of hydrogen-bond donors (Lipinski definition) is 0. The lowest BCUT2D eigenvalue weighted by Crippen LogP contribution is -2.04. The third kappa shape index (κ3) is 2.91. The highest BCUT2D eigenvalue weighted by atomic mass is 19.1. The standard InChI is InChI=1S/C9H10FNO2/c1-13-3-2-9(12)7-4-8(10)6-11-5-7/h4-6H,2-3H2,1H3. The zero-order chi connectivity index (χ0) is 9.68. The topological polar surface area (TPSA) is 39.2 Å². The molecule has 70 valence electrons. The number of rotatable bonds is 4. The van der Waals surface area contributed by atoms with Gasteiger partial charge in [-0.05, 0) is 6.07 Å². The molecule has 1 heterocycles. The van der Waals surface area contributed by atoms with Crippen molar-refractivity contribution in [1.82, 2.24) is 4.98 Å². The normalized spacial score (nSPS) is 10.0. The molecule has 0 amide bonds. The Kier molecular flexibility index (Phi) is 3.52. The van der Waals surface area contributed by atoms with Gasteiger partial charge in [0, 0.05) is 25.3 Å². The summed E-state index contributed by atoms with van der Waals surface area (Å²) in [5, 5.41) is 0. The van der Waals surface area contributed by atoms with Crippen LogP contribution in [0.15, 0.2) is 18.5 Å². The number of carbonyl (C=O) groups excluding carboxylic acids is 1. The molecular weight excluding hydrogens is 173 g/mol. The lowest BCUT2D eigenvalue weighted by molar-refractivity contribution is 0.0931. The molecule has 0 fully saturated rings. The Morgan fingerprint density at radius 1 is 1.62 bits per heavy atom. The molecule has 1 aromatic rings. The Morgan fingerprint density at radius 2 is 2.38 bits per heavy atom. The van der Waals surface area contributed by atoms with Gasteiger partial charge in [0.05, 0.1) is 12.8 Å². The molecule has 0 radical (unpaired) electrons. The van der Waals surface area contributed by atoms with E-state index in [1.165, 1.54) is 19.4 Å². The average molecular weight is 183 g/mol. The summed E-state index contributed by atoms with van der Waals surface area (Å²) in [7, 11) is 1.51. The molecule has 0 bridgehead atoms. The average Bonchev–Trinajstić information content (AvgIpc) is 2.14. The van der Waals surface area contributed by atoms with E-state index in [9.17, 15) is 9.18 Å². The number of methoxy groups -OCH3 is 1. The van der Waals surface area contributed by atoms with E-state index in [0.717, 1.165) is 6.20 Å². The molecule has 0 saturated carbocycles. The summed E-state index contributed by atoms with van der Waals surface area (Å²) in [4.78, 5) is 14.8. The third-order valence-corrected chi connectivity index (χ3v) is 1.56. The molecule has 0 aromatic carbocycles. The maximum Gasteiger partial charge on any atom is 0.166 e. The number of ether oxygens (including phenoxy) is 1. The van der Waals surface area contributed by atoms with Gasteiger partial charge >= 0.3 is 0 Å². The quantitative estimate of drug-likeness (QED) is 0.663. The molecule has 4 heteroatoms. The molecule has 0 aliphatic rings. The molecule has 0 N–H and O–H groups in total. The molecule has 0 aliphatic heterocycles. The first-order chi connectivity index (χ1) is 6.24. The first kappa shape index (κ1) is 9.80. The van der Waals surface area contributed by atoms with Crippen LogP contribution in [0.5, 0.6) is 0 Å². The largest absolute Gasteiger partial charge is 0.384 e. The minimum atomic E-state index is -0.497. The van der Waals surface area contributed by atoms with Gasteiger partial charge in [0.2, 0.25) is 0 Å². The Bertz CT molecular complexity index is 301. The molecule has 0 atom stereocenters. The minimum absolute atomic E-state index is 0.158. The van der Waals surface area contributed by atoms with Gasteiger partial charge in [-0.2, -0.15) is 0 Å². The lowest BCUT2D eigenvalue weighted by Gasteiger charge is -1.99. The van der Waals surface area contributed by atoms with Crippen LogP contribution in [0.2, 0.25) is 0 Å². The van der Waals surface area contributed by atoms with Crippen molar-refractivity contribution in [2.45, 2.75) is 6.42 Å². The fourth-order valence-electron chi connectivity index (χ4n) is 0.903. The van der Waals surface area contributed by atoms with Crippen LogP contribution in [0.4, 0.5) is 4.39 Å². The summed E-state index contributed by atoms with van der Waals surface area (Å²) in [6.45, 7) is 0.343. The predicted octanol–water partition coefficient (Wildman–Crippen LogP) is 1.44. The SMILES string of the molecule is COCCC(=O)c1cncc(F)c1. The number of carbonyl (C=O) groups is 1. The monoisotopic (exact) mass is 183 g/mol. The number of aromatic nitrogens is 1. The number of ketones is 1. The van der Waals surface area contributed by atoms with Crippen molar-refractivity contribution in [3.63, 3.8) is 0 Å².